The number of carbonyl (C=O) groups excluding carboxylic acids is 2. The molecule has 0 unspecified atom stereocenters. The van der Waals surface area contributed by atoms with Crippen LogP contribution < -0.4 is 21.1 Å². The maximum absolute atomic E-state index is 12.0. The van der Waals surface area contributed by atoms with Gasteiger partial charge in [0.05, 0.1) is 12.1 Å². The molecule has 150 valence electrons. The summed E-state index contributed by atoms with van der Waals surface area (Å²) in [7, 11) is 0. The van der Waals surface area contributed by atoms with Crippen LogP contribution in [0.5, 0.6) is 5.75 Å². The fourth-order valence-corrected chi connectivity index (χ4v) is 2.40. The highest BCUT2D eigenvalue weighted by atomic mass is 16.5. The van der Waals surface area contributed by atoms with E-state index in [1.165, 1.54) is 5.56 Å². The second-order valence-corrected chi connectivity index (χ2v) is 7.41. The molecule has 4 N–H and O–H groups in total. The third-order valence-corrected chi connectivity index (χ3v) is 4.11. The van der Waals surface area contributed by atoms with Crippen molar-refractivity contribution >= 4 is 17.5 Å². The van der Waals surface area contributed by atoms with Gasteiger partial charge in [-0.3, -0.25) is 9.59 Å². The van der Waals surface area contributed by atoms with E-state index in [1.54, 1.807) is 13.8 Å². The molecule has 0 fully saturated rings. The number of carbonyl (C=O) groups is 2. The lowest BCUT2D eigenvalue weighted by Crippen LogP contribution is -2.48. The monoisotopic (exact) mass is 383 g/mol. The van der Waals surface area contributed by atoms with Gasteiger partial charge in [0.2, 0.25) is 11.8 Å². The summed E-state index contributed by atoms with van der Waals surface area (Å²) in [6.45, 7) is 6.23. The number of nitrogens with one attached hydrogen (secondary N) is 2. The highest BCUT2D eigenvalue weighted by Gasteiger charge is 2.20. The lowest BCUT2D eigenvalue weighted by Gasteiger charge is -2.17. The van der Waals surface area contributed by atoms with Crippen molar-refractivity contribution in [2.75, 3.05) is 11.9 Å². The van der Waals surface area contributed by atoms with Crippen molar-refractivity contribution in [2.45, 2.75) is 45.7 Å². The van der Waals surface area contributed by atoms with Crippen LogP contribution in [0.4, 0.5) is 5.69 Å². The zero-order valence-electron chi connectivity index (χ0n) is 16.7. The number of hydrogen-bond acceptors (Lipinski definition) is 4. The van der Waals surface area contributed by atoms with E-state index in [1.807, 2.05) is 55.5 Å². The van der Waals surface area contributed by atoms with Crippen LogP contribution in [0, 0.1) is 6.92 Å². The minimum absolute atomic E-state index is 0.0570. The Hall–Kier alpha value is -2.86. The molecule has 0 saturated carbocycles. The van der Waals surface area contributed by atoms with Gasteiger partial charge < -0.3 is 21.1 Å². The lowest BCUT2D eigenvalue weighted by atomic mass is 10.1. The number of anilines is 1. The van der Waals surface area contributed by atoms with Gasteiger partial charge in [-0.2, -0.15) is 0 Å². The number of rotatable bonds is 9. The highest BCUT2D eigenvalue weighted by Crippen LogP contribution is 2.13. The number of amides is 2. The van der Waals surface area contributed by atoms with E-state index in [-0.39, 0.29) is 11.8 Å². The number of benzene rings is 2. The summed E-state index contributed by atoms with van der Waals surface area (Å²) in [4.78, 5) is 23.8. The summed E-state index contributed by atoms with van der Waals surface area (Å²) in [5.41, 5.74) is 7.67. The van der Waals surface area contributed by atoms with Crippen LogP contribution in [0.25, 0.3) is 0 Å². The van der Waals surface area contributed by atoms with Gasteiger partial charge in [0.15, 0.2) is 0 Å². The first-order valence-corrected chi connectivity index (χ1v) is 9.39. The summed E-state index contributed by atoms with van der Waals surface area (Å²) in [6.07, 6.45) is 1.02. The molecule has 2 rings (SSSR count). The molecule has 2 aromatic carbocycles. The smallest absolute Gasteiger partial charge is 0.239 e. The van der Waals surface area contributed by atoms with Crippen molar-refractivity contribution in [3.8, 4) is 5.75 Å². The van der Waals surface area contributed by atoms with Crippen molar-refractivity contribution < 1.29 is 14.3 Å². The molecule has 0 aromatic heterocycles. The van der Waals surface area contributed by atoms with Gasteiger partial charge in [-0.1, -0.05) is 29.8 Å². The van der Waals surface area contributed by atoms with Crippen molar-refractivity contribution in [3.63, 3.8) is 0 Å². The van der Waals surface area contributed by atoms with Crippen molar-refractivity contribution in [3.05, 3.63) is 59.7 Å². The molecule has 2 aromatic rings. The Morgan fingerprint density at radius 1 is 1.04 bits per heavy atom. The highest BCUT2D eigenvalue weighted by molar-refractivity contribution is 5.90. The number of ether oxygens (including phenoxy) is 1. The third kappa shape index (κ3) is 7.40. The first kappa shape index (κ1) is 21.4. The van der Waals surface area contributed by atoms with Crippen LogP contribution in [0.2, 0.25) is 0 Å². The van der Waals surface area contributed by atoms with E-state index in [0.29, 0.717) is 26.0 Å². The Morgan fingerprint density at radius 2 is 1.68 bits per heavy atom. The van der Waals surface area contributed by atoms with Gasteiger partial charge in [-0.05, 0) is 57.0 Å². The van der Waals surface area contributed by atoms with Gasteiger partial charge >= 0.3 is 0 Å². The van der Waals surface area contributed by atoms with E-state index in [0.717, 1.165) is 17.0 Å². The van der Waals surface area contributed by atoms with Crippen molar-refractivity contribution in [1.82, 2.24) is 5.32 Å². The summed E-state index contributed by atoms with van der Waals surface area (Å²) in [6, 6.07) is 15.2. The summed E-state index contributed by atoms with van der Waals surface area (Å²) < 4.78 is 5.62. The summed E-state index contributed by atoms with van der Waals surface area (Å²) in [5.74, 6) is 0.544. The molecule has 0 bridgehead atoms. The fraction of sp³-hybridized carbons (Fsp3) is 0.364. The topological polar surface area (TPSA) is 93.5 Å². The van der Waals surface area contributed by atoms with Gasteiger partial charge in [-0.15, -0.1) is 0 Å². The SMILES string of the molecule is Cc1ccc(OCCCC(=O)Nc2ccc(CNC(=O)C(C)(C)N)cc2)cc1. The minimum atomic E-state index is -0.906. The van der Waals surface area contributed by atoms with E-state index in [4.69, 9.17) is 10.5 Å². The Kier molecular flexibility index (Phi) is 7.58. The maximum Gasteiger partial charge on any atom is 0.239 e. The Bertz CT molecular complexity index is 778. The van der Waals surface area contributed by atoms with Gasteiger partial charge in [-0.25, -0.2) is 0 Å². The third-order valence-electron chi connectivity index (χ3n) is 4.11. The van der Waals surface area contributed by atoms with E-state index < -0.39 is 5.54 Å². The zero-order valence-corrected chi connectivity index (χ0v) is 16.7. The number of hydrogen-bond donors (Lipinski definition) is 3. The van der Waals surface area contributed by atoms with Crippen LogP contribution in [-0.2, 0) is 16.1 Å². The molecule has 0 aliphatic rings. The van der Waals surface area contributed by atoms with E-state index in [9.17, 15) is 9.59 Å². The van der Waals surface area contributed by atoms with E-state index in [2.05, 4.69) is 10.6 Å². The van der Waals surface area contributed by atoms with Crippen LogP contribution in [0.1, 0.15) is 37.8 Å². The van der Waals surface area contributed by atoms with Crippen LogP contribution >= 0.6 is 0 Å². The molecule has 0 saturated heterocycles. The fourth-order valence-electron chi connectivity index (χ4n) is 2.40. The normalized spacial score (nSPS) is 11.0. The average Bonchev–Trinajstić information content (AvgIpc) is 2.65. The molecule has 0 aliphatic carbocycles. The Morgan fingerprint density at radius 3 is 2.29 bits per heavy atom. The molecule has 6 heteroatoms. The molecule has 0 atom stereocenters. The quantitative estimate of drug-likeness (QED) is 0.580. The molecule has 2 amide bonds. The molecule has 0 heterocycles. The second kappa shape index (κ2) is 9.90. The standard InChI is InChI=1S/C22H29N3O3/c1-16-6-12-19(13-7-16)28-14-4-5-20(26)25-18-10-8-17(9-11-18)15-24-21(27)22(2,3)23/h6-13H,4-5,14-15,23H2,1-3H3,(H,24,27)(H,25,26). The zero-order chi connectivity index (χ0) is 20.6. The Labute approximate surface area is 166 Å². The largest absolute Gasteiger partial charge is 0.494 e. The molecule has 0 spiro atoms. The minimum Gasteiger partial charge on any atom is -0.494 e. The Balaban J connectivity index is 1.69. The van der Waals surface area contributed by atoms with E-state index >= 15 is 0 Å². The maximum atomic E-state index is 12.0. The van der Waals surface area contributed by atoms with Gasteiger partial charge in [0.1, 0.15) is 5.75 Å². The van der Waals surface area contributed by atoms with Gasteiger partial charge in [0.25, 0.3) is 0 Å². The molecular weight excluding hydrogens is 354 g/mol. The van der Waals surface area contributed by atoms with Crippen LogP contribution in [0.15, 0.2) is 48.5 Å². The number of aryl methyl sites for hydroxylation is 1. The first-order chi connectivity index (χ1) is 13.2. The summed E-state index contributed by atoms with van der Waals surface area (Å²) in [5, 5.41) is 5.65. The molecule has 0 aliphatic heterocycles. The first-order valence-electron chi connectivity index (χ1n) is 9.39. The molecular formula is C22H29N3O3. The van der Waals surface area contributed by atoms with Crippen LogP contribution in [0.3, 0.4) is 0 Å². The van der Waals surface area contributed by atoms with Crippen LogP contribution in [-0.4, -0.2) is 24.0 Å². The van der Waals surface area contributed by atoms with Crippen molar-refractivity contribution in [1.29, 1.82) is 0 Å². The van der Waals surface area contributed by atoms with Crippen molar-refractivity contribution in [2.24, 2.45) is 5.73 Å². The predicted molar refractivity (Wildman–Crippen MR) is 111 cm³/mol. The molecule has 28 heavy (non-hydrogen) atoms. The number of nitrogens with two attached hydrogens (primary N) is 1. The summed E-state index contributed by atoms with van der Waals surface area (Å²) >= 11 is 0. The molecule has 0 radical (unpaired) electrons. The lowest BCUT2D eigenvalue weighted by molar-refractivity contribution is -0.125. The van der Waals surface area contributed by atoms with Gasteiger partial charge in [0, 0.05) is 18.7 Å². The second-order valence-electron chi connectivity index (χ2n) is 7.41. The molecule has 6 nitrogen and oxygen atoms in total. The average molecular weight is 383 g/mol. The predicted octanol–water partition coefficient (Wildman–Crippen LogP) is 3.15.